The van der Waals surface area contributed by atoms with Gasteiger partial charge in [-0.15, -0.1) is 0 Å². The number of nitrogens with one attached hydrogen (secondary N) is 1. The van der Waals surface area contributed by atoms with E-state index >= 15 is 0 Å². The smallest absolute Gasteiger partial charge is 0.231 e. The highest BCUT2D eigenvalue weighted by molar-refractivity contribution is 5.81. The van der Waals surface area contributed by atoms with Gasteiger partial charge in [0, 0.05) is 24.1 Å². The van der Waals surface area contributed by atoms with Gasteiger partial charge in [0.1, 0.15) is 5.82 Å². The Kier molecular flexibility index (Phi) is 3.48. The average Bonchev–Trinajstić information content (AvgIpc) is 3.10. The Labute approximate surface area is 137 Å². The Morgan fingerprint density at radius 3 is 2.57 bits per heavy atom. The summed E-state index contributed by atoms with van der Waals surface area (Å²) in [6, 6.07) is 4.12. The summed E-state index contributed by atoms with van der Waals surface area (Å²) in [5, 5.41) is 3.45. The first-order chi connectivity index (χ1) is 11.0. The van der Waals surface area contributed by atoms with Crippen LogP contribution in [0.1, 0.15) is 39.4 Å². The lowest BCUT2D eigenvalue weighted by molar-refractivity contribution is 0.174. The van der Waals surface area contributed by atoms with Crippen LogP contribution in [-0.4, -0.2) is 29.4 Å². The number of rotatable bonds is 2. The average molecular weight is 315 g/mol. The number of benzene rings is 1. The fourth-order valence-corrected chi connectivity index (χ4v) is 3.59. The molecule has 0 saturated carbocycles. The highest BCUT2D eigenvalue weighted by atomic mass is 16.7. The van der Waals surface area contributed by atoms with Gasteiger partial charge in [0.25, 0.3) is 0 Å². The minimum atomic E-state index is 0.0120. The second-order valence-electron chi connectivity index (χ2n) is 7.68. The zero-order valence-corrected chi connectivity index (χ0v) is 14.2. The van der Waals surface area contributed by atoms with Crippen molar-refractivity contribution in [3.05, 3.63) is 18.0 Å². The Balaban J connectivity index is 1.81. The molecule has 5 nitrogen and oxygen atoms in total. The Hall–Kier alpha value is -1.75. The first-order valence-electron chi connectivity index (χ1n) is 8.53. The molecule has 2 aliphatic heterocycles. The second-order valence-corrected chi connectivity index (χ2v) is 7.68. The molecule has 23 heavy (non-hydrogen) atoms. The molecule has 2 aliphatic rings. The van der Waals surface area contributed by atoms with Gasteiger partial charge in [0.15, 0.2) is 11.5 Å². The molecule has 0 aliphatic carbocycles. The molecule has 1 saturated heterocycles. The maximum absolute atomic E-state index is 5.57. The molecule has 0 bridgehead atoms. The van der Waals surface area contributed by atoms with Crippen molar-refractivity contribution < 1.29 is 9.47 Å². The summed E-state index contributed by atoms with van der Waals surface area (Å²) in [7, 11) is 0. The highest BCUT2D eigenvalue weighted by Gasteiger charge is 2.27. The van der Waals surface area contributed by atoms with Crippen LogP contribution in [0.2, 0.25) is 0 Å². The molecule has 1 aromatic heterocycles. The predicted octanol–water partition coefficient (Wildman–Crippen LogP) is 3.06. The standard InChI is InChI=1S/C18H25N3O2/c1-18(2,3)17-20-13-8-15-16(23-11-22-15)9-14(13)21(17)10-12-4-6-19-7-5-12/h8-9,12,19H,4-7,10-11H2,1-3H3. The van der Waals surface area contributed by atoms with Crippen LogP contribution in [0.15, 0.2) is 12.1 Å². The van der Waals surface area contributed by atoms with Gasteiger partial charge >= 0.3 is 0 Å². The lowest BCUT2D eigenvalue weighted by atomic mass is 9.94. The molecule has 0 amide bonds. The van der Waals surface area contributed by atoms with E-state index in [1.165, 1.54) is 12.8 Å². The number of fused-ring (bicyclic) bond motifs is 2. The molecule has 1 N–H and O–H groups in total. The molecule has 5 heteroatoms. The van der Waals surface area contributed by atoms with Crippen LogP contribution in [0.3, 0.4) is 0 Å². The maximum Gasteiger partial charge on any atom is 0.231 e. The number of hydrogen-bond acceptors (Lipinski definition) is 4. The van der Waals surface area contributed by atoms with Gasteiger partial charge in [-0.25, -0.2) is 4.98 Å². The molecule has 3 heterocycles. The van der Waals surface area contributed by atoms with Crippen molar-refractivity contribution in [3.8, 4) is 11.5 Å². The fraction of sp³-hybridized carbons (Fsp3) is 0.611. The molecule has 1 aromatic carbocycles. The summed E-state index contributed by atoms with van der Waals surface area (Å²) < 4.78 is 13.5. The number of ether oxygens (including phenoxy) is 2. The van der Waals surface area contributed by atoms with Gasteiger partial charge in [-0.2, -0.15) is 0 Å². The van der Waals surface area contributed by atoms with Gasteiger partial charge in [0.05, 0.1) is 11.0 Å². The summed E-state index contributed by atoms with van der Waals surface area (Å²) in [5.41, 5.74) is 2.18. The SMILES string of the molecule is CC(C)(C)c1nc2cc3c(cc2n1CC1CCNCC1)OCO3. The largest absolute Gasteiger partial charge is 0.454 e. The van der Waals surface area contributed by atoms with E-state index in [4.69, 9.17) is 14.5 Å². The summed E-state index contributed by atoms with van der Waals surface area (Å²) >= 11 is 0. The van der Waals surface area contributed by atoms with Crippen LogP contribution in [-0.2, 0) is 12.0 Å². The van der Waals surface area contributed by atoms with E-state index < -0.39 is 0 Å². The third-order valence-electron chi connectivity index (χ3n) is 4.81. The van der Waals surface area contributed by atoms with Gasteiger partial charge in [0.2, 0.25) is 6.79 Å². The first kappa shape index (κ1) is 14.8. The van der Waals surface area contributed by atoms with Gasteiger partial charge in [-0.05, 0) is 31.8 Å². The van der Waals surface area contributed by atoms with Gasteiger partial charge < -0.3 is 19.4 Å². The van der Waals surface area contributed by atoms with Crippen LogP contribution in [0, 0.1) is 5.92 Å². The van der Waals surface area contributed by atoms with Crippen LogP contribution in [0.5, 0.6) is 11.5 Å². The third-order valence-corrected chi connectivity index (χ3v) is 4.81. The van der Waals surface area contributed by atoms with Gasteiger partial charge in [-0.3, -0.25) is 0 Å². The van der Waals surface area contributed by atoms with E-state index in [1.807, 2.05) is 6.07 Å². The zero-order chi connectivity index (χ0) is 16.0. The van der Waals surface area contributed by atoms with Gasteiger partial charge in [-0.1, -0.05) is 20.8 Å². The van der Waals surface area contributed by atoms with Crippen molar-refractivity contribution in [2.45, 2.75) is 45.6 Å². The zero-order valence-electron chi connectivity index (χ0n) is 14.2. The number of hydrogen-bond donors (Lipinski definition) is 1. The van der Waals surface area contributed by atoms with E-state index in [0.29, 0.717) is 12.7 Å². The quantitative estimate of drug-likeness (QED) is 0.925. The summed E-state index contributed by atoms with van der Waals surface area (Å²) in [6.07, 6.45) is 2.46. The van der Waals surface area contributed by atoms with Crippen molar-refractivity contribution >= 4 is 11.0 Å². The van der Waals surface area contributed by atoms with E-state index in [9.17, 15) is 0 Å². The molecule has 2 aromatic rings. The molecule has 0 atom stereocenters. The third kappa shape index (κ3) is 2.67. The van der Waals surface area contributed by atoms with Crippen LogP contribution in [0.25, 0.3) is 11.0 Å². The summed E-state index contributed by atoms with van der Waals surface area (Å²) in [5.74, 6) is 3.50. The monoisotopic (exact) mass is 315 g/mol. The molecule has 0 radical (unpaired) electrons. The molecule has 1 fully saturated rings. The van der Waals surface area contributed by atoms with Crippen molar-refractivity contribution in [2.75, 3.05) is 19.9 Å². The fourth-order valence-electron chi connectivity index (χ4n) is 3.59. The number of piperidine rings is 1. The Morgan fingerprint density at radius 1 is 1.17 bits per heavy atom. The minimum absolute atomic E-state index is 0.0120. The number of aromatic nitrogens is 2. The normalized spacial score (nSPS) is 18.7. The first-order valence-corrected chi connectivity index (χ1v) is 8.53. The van der Waals surface area contributed by atoms with Crippen LogP contribution in [0.4, 0.5) is 0 Å². The predicted molar refractivity (Wildman–Crippen MR) is 90.1 cm³/mol. The van der Waals surface area contributed by atoms with Crippen LogP contribution < -0.4 is 14.8 Å². The topological polar surface area (TPSA) is 48.3 Å². The second kappa shape index (κ2) is 5.41. The molecule has 4 rings (SSSR count). The van der Waals surface area contributed by atoms with Crippen molar-refractivity contribution in [2.24, 2.45) is 5.92 Å². The maximum atomic E-state index is 5.57. The summed E-state index contributed by atoms with van der Waals surface area (Å²) in [6.45, 7) is 10.3. The van der Waals surface area contributed by atoms with Crippen molar-refractivity contribution in [1.82, 2.24) is 14.9 Å². The number of nitrogens with zero attached hydrogens (tertiary/aromatic N) is 2. The summed E-state index contributed by atoms with van der Waals surface area (Å²) in [4.78, 5) is 4.94. The molecule has 0 spiro atoms. The van der Waals surface area contributed by atoms with E-state index in [-0.39, 0.29) is 5.41 Å². The van der Waals surface area contributed by atoms with Crippen molar-refractivity contribution in [3.63, 3.8) is 0 Å². The minimum Gasteiger partial charge on any atom is -0.454 e. The molecular weight excluding hydrogens is 290 g/mol. The highest BCUT2D eigenvalue weighted by Crippen LogP contribution is 2.38. The molecule has 0 unspecified atom stereocenters. The Bertz CT molecular complexity index is 724. The number of imidazole rings is 1. The van der Waals surface area contributed by atoms with E-state index in [0.717, 1.165) is 48.0 Å². The van der Waals surface area contributed by atoms with Crippen molar-refractivity contribution in [1.29, 1.82) is 0 Å². The lowest BCUT2D eigenvalue weighted by Gasteiger charge is -2.26. The molecule has 124 valence electrons. The van der Waals surface area contributed by atoms with Crippen LogP contribution >= 0.6 is 0 Å². The van der Waals surface area contributed by atoms with E-state index in [2.05, 4.69) is 36.7 Å². The van der Waals surface area contributed by atoms with E-state index in [1.54, 1.807) is 0 Å². The Morgan fingerprint density at radius 2 is 1.87 bits per heavy atom. The lowest BCUT2D eigenvalue weighted by Crippen LogP contribution is -2.31. The molecular formula is C18H25N3O2.